The Morgan fingerprint density at radius 1 is 1.47 bits per heavy atom. The maximum atomic E-state index is 10.4. The molecule has 17 heavy (non-hydrogen) atoms. The van der Waals surface area contributed by atoms with Crippen LogP contribution in [-0.2, 0) is 0 Å². The highest BCUT2D eigenvalue weighted by Gasteiger charge is 2.38. The van der Waals surface area contributed by atoms with Gasteiger partial charge in [-0.1, -0.05) is 20.3 Å². The molecule has 0 amide bonds. The average molecular weight is 259 g/mol. The lowest BCUT2D eigenvalue weighted by Crippen LogP contribution is -2.46. The minimum atomic E-state index is -0.139. The van der Waals surface area contributed by atoms with Crippen LogP contribution in [0.5, 0.6) is 0 Å². The Bertz CT molecular complexity index is 232. The number of hydrogen-bond acceptors (Lipinski definition) is 3. The molecule has 1 aliphatic carbocycles. The van der Waals surface area contributed by atoms with Crippen molar-refractivity contribution in [1.82, 2.24) is 4.90 Å². The second-order valence-electron chi connectivity index (χ2n) is 6.33. The molecule has 0 aromatic carbocycles. The number of hydrogen-bond donors (Lipinski definition) is 1. The Morgan fingerprint density at radius 2 is 2.12 bits per heavy atom. The average Bonchev–Trinajstić information content (AvgIpc) is 2.25. The molecular formula is C14H29NOS. The Kier molecular flexibility index (Phi) is 5.81. The highest BCUT2D eigenvalue weighted by Crippen LogP contribution is 2.39. The molecule has 0 radical (unpaired) electrons. The van der Waals surface area contributed by atoms with Gasteiger partial charge in [0.2, 0.25) is 0 Å². The molecule has 0 aromatic rings. The highest BCUT2D eigenvalue weighted by atomic mass is 32.2. The van der Waals surface area contributed by atoms with Gasteiger partial charge >= 0.3 is 0 Å². The van der Waals surface area contributed by atoms with E-state index in [1.54, 1.807) is 0 Å². The first kappa shape index (κ1) is 15.3. The molecule has 102 valence electrons. The van der Waals surface area contributed by atoms with Crippen molar-refractivity contribution in [3.8, 4) is 0 Å². The van der Waals surface area contributed by atoms with Gasteiger partial charge in [-0.15, -0.1) is 0 Å². The third-order valence-electron chi connectivity index (χ3n) is 4.33. The Labute approximate surface area is 111 Å². The van der Waals surface area contributed by atoms with Crippen molar-refractivity contribution < 1.29 is 5.11 Å². The maximum absolute atomic E-state index is 10.4. The molecule has 3 unspecified atom stereocenters. The lowest BCUT2D eigenvalue weighted by molar-refractivity contribution is -0.0428. The first-order valence-electron chi connectivity index (χ1n) is 6.75. The van der Waals surface area contributed by atoms with Crippen LogP contribution in [0.25, 0.3) is 0 Å². The maximum Gasteiger partial charge on any atom is 0.0631 e. The van der Waals surface area contributed by atoms with Crippen LogP contribution < -0.4 is 0 Å². The predicted octanol–water partition coefficient (Wildman–Crippen LogP) is 2.86. The van der Waals surface area contributed by atoms with Crippen LogP contribution in [-0.4, -0.2) is 47.8 Å². The van der Waals surface area contributed by atoms with Gasteiger partial charge in [0.05, 0.1) is 6.10 Å². The number of thioether (sulfide) groups is 1. The summed E-state index contributed by atoms with van der Waals surface area (Å²) in [5.41, 5.74) is 0.104. The van der Waals surface area contributed by atoms with Crippen molar-refractivity contribution in [2.75, 3.05) is 25.6 Å². The van der Waals surface area contributed by atoms with E-state index in [2.05, 4.69) is 39.0 Å². The summed E-state index contributed by atoms with van der Waals surface area (Å²) < 4.78 is 0. The molecule has 1 N–H and O–H groups in total. The summed E-state index contributed by atoms with van der Waals surface area (Å²) >= 11 is 1.90. The molecule has 0 spiro atoms. The van der Waals surface area contributed by atoms with Gasteiger partial charge in [0.25, 0.3) is 0 Å². The third-order valence-corrected chi connectivity index (χ3v) is 5.14. The van der Waals surface area contributed by atoms with Gasteiger partial charge in [0.1, 0.15) is 0 Å². The van der Waals surface area contributed by atoms with Crippen LogP contribution in [0.2, 0.25) is 0 Å². The van der Waals surface area contributed by atoms with Gasteiger partial charge in [-0.2, -0.15) is 11.8 Å². The molecule has 3 atom stereocenters. The zero-order valence-corrected chi connectivity index (χ0v) is 12.9. The van der Waals surface area contributed by atoms with Crippen molar-refractivity contribution in [3.05, 3.63) is 0 Å². The van der Waals surface area contributed by atoms with Gasteiger partial charge in [-0.3, -0.25) is 0 Å². The van der Waals surface area contributed by atoms with E-state index >= 15 is 0 Å². The van der Waals surface area contributed by atoms with Crippen molar-refractivity contribution in [2.45, 2.75) is 52.2 Å². The monoisotopic (exact) mass is 259 g/mol. The quantitative estimate of drug-likeness (QED) is 0.821. The molecule has 0 aromatic heterocycles. The lowest BCUT2D eigenvalue weighted by Gasteiger charge is -2.42. The molecule has 1 saturated carbocycles. The van der Waals surface area contributed by atoms with Crippen molar-refractivity contribution >= 4 is 11.8 Å². The zero-order chi connectivity index (χ0) is 13.1. The smallest absolute Gasteiger partial charge is 0.0631 e. The van der Waals surface area contributed by atoms with Gasteiger partial charge in [-0.05, 0) is 44.4 Å². The summed E-state index contributed by atoms with van der Waals surface area (Å²) in [5, 5.41) is 10.4. The number of nitrogens with zero attached hydrogens (tertiary/aromatic N) is 1. The van der Waals surface area contributed by atoms with E-state index in [-0.39, 0.29) is 11.5 Å². The van der Waals surface area contributed by atoms with E-state index in [0.29, 0.717) is 12.0 Å². The van der Waals surface area contributed by atoms with Crippen molar-refractivity contribution in [3.63, 3.8) is 0 Å². The minimum Gasteiger partial charge on any atom is -0.392 e. The Hall–Kier alpha value is 0.270. The van der Waals surface area contributed by atoms with Gasteiger partial charge in [0.15, 0.2) is 0 Å². The first-order chi connectivity index (χ1) is 7.88. The fraction of sp³-hybridized carbons (Fsp3) is 1.00. The SMILES string of the molecule is CSCC(C)N(C)CC1CCCC(C)(C)C1O. The van der Waals surface area contributed by atoms with Crippen molar-refractivity contribution in [1.29, 1.82) is 0 Å². The van der Waals surface area contributed by atoms with E-state index in [1.807, 2.05) is 11.8 Å². The lowest BCUT2D eigenvalue weighted by atomic mass is 9.69. The molecule has 3 heteroatoms. The normalized spacial score (nSPS) is 30.5. The molecule has 0 saturated heterocycles. The Morgan fingerprint density at radius 3 is 2.71 bits per heavy atom. The van der Waals surface area contributed by atoms with E-state index in [1.165, 1.54) is 18.6 Å². The van der Waals surface area contributed by atoms with Gasteiger partial charge in [-0.25, -0.2) is 0 Å². The minimum absolute atomic E-state index is 0.104. The van der Waals surface area contributed by atoms with E-state index in [0.717, 1.165) is 13.0 Å². The standard InChI is InChI=1S/C14H29NOS/c1-11(10-17-5)15(4)9-12-7-6-8-14(2,3)13(12)16/h11-13,16H,6-10H2,1-5H3. The van der Waals surface area contributed by atoms with E-state index < -0.39 is 0 Å². The van der Waals surface area contributed by atoms with E-state index in [9.17, 15) is 5.11 Å². The van der Waals surface area contributed by atoms with Gasteiger partial charge in [0, 0.05) is 18.3 Å². The topological polar surface area (TPSA) is 23.5 Å². The summed E-state index contributed by atoms with van der Waals surface area (Å²) in [6.07, 6.45) is 5.62. The van der Waals surface area contributed by atoms with Crippen LogP contribution >= 0.6 is 11.8 Å². The number of aliphatic hydroxyl groups excluding tert-OH is 1. The van der Waals surface area contributed by atoms with Crippen molar-refractivity contribution in [2.24, 2.45) is 11.3 Å². The van der Waals surface area contributed by atoms with Gasteiger partial charge < -0.3 is 10.0 Å². The van der Waals surface area contributed by atoms with Crippen LogP contribution in [0.4, 0.5) is 0 Å². The molecule has 1 fully saturated rings. The number of aliphatic hydroxyl groups is 1. The fourth-order valence-electron chi connectivity index (χ4n) is 2.87. The molecule has 1 rings (SSSR count). The largest absolute Gasteiger partial charge is 0.392 e. The second kappa shape index (κ2) is 6.44. The molecule has 2 nitrogen and oxygen atoms in total. The highest BCUT2D eigenvalue weighted by molar-refractivity contribution is 7.98. The van der Waals surface area contributed by atoms with Crippen LogP contribution in [0.15, 0.2) is 0 Å². The summed E-state index contributed by atoms with van der Waals surface area (Å²) in [4.78, 5) is 2.41. The zero-order valence-electron chi connectivity index (χ0n) is 12.1. The molecule has 1 aliphatic rings. The predicted molar refractivity (Wildman–Crippen MR) is 77.6 cm³/mol. The van der Waals surface area contributed by atoms with Crippen LogP contribution in [0, 0.1) is 11.3 Å². The third kappa shape index (κ3) is 4.15. The van der Waals surface area contributed by atoms with Crippen LogP contribution in [0.1, 0.15) is 40.0 Å². The fourth-order valence-corrected chi connectivity index (χ4v) is 3.61. The van der Waals surface area contributed by atoms with E-state index in [4.69, 9.17) is 0 Å². The second-order valence-corrected chi connectivity index (χ2v) is 7.24. The summed E-state index contributed by atoms with van der Waals surface area (Å²) in [5.74, 6) is 1.62. The Balaban J connectivity index is 2.50. The van der Waals surface area contributed by atoms with Crippen LogP contribution in [0.3, 0.4) is 0 Å². The molecule has 0 bridgehead atoms. The summed E-state index contributed by atoms with van der Waals surface area (Å²) in [6.45, 7) is 7.72. The summed E-state index contributed by atoms with van der Waals surface area (Å²) in [6, 6.07) is 0.599. The first-order valence-corrected chi connectivity index (χ1v) is 8.15. The number of rotatable bonds is 5. The summed E-state index contributed by atoms with van der Waals surface area (Å²) in [7, 11) is 2.19. The molecular weight excluding hydrogens is 230 g/mol. The molecule has 0 aliphatic heterocycles. The molecule has 0 heterocycles.